The Labute approximate surface area is 104 Å². The van der Waals surface area contributed by atoms with Crippen LogP contribution in [0.25, 0.3) is 0 Å². The highest BCUT2D eigenvalue weighted by Gasteiger charge is 2.45. The maximum Gasteiger partial charge on any atom is 0.518 e. The summed E-state index contributed by atoms with van der Waals surface area (Å²) in [5.74, 6) is -1.85. The first kappa shape index (κ1) is 15.3. The molecule has 0 saturated heterocycles. The molecule has 0 atom stereocenters. The van der Waals surface area contributed by atoms with Crippen molar-refractivity contribution in [3.05, 3.63) is 0 Å². The summed E-state index contributed by atoms with van der Waals surface area (Å²) in [6, 6.07) is 0. The van der Waals surface area contributed by atoms with Crippen LogP contribution in [-0.2, 0) is 10.0 Å². The summed E-state index contributed by atoms with van der Waals surface area (Å²) in [7, 11) is -5.69. The zero-order chi connectivity index (χ0) is 13.8. The Morgan fingerprint density at radius 3 is 1.94 bits per heavy atom. The molecule has 18 heavy (non-hydrogen) atoms. The van der Waals surface area contributed by atoms with Gasteiger partial charge in [-0.2, -0.15) is 26.0 Å². The zero-order valence-electron chi connectivity index (χ0n) is 9.74. The van der Waals surface area contributed by atoms with Gasteiger partial charge in [-0.05, 0) is 24.7 Å². The predicted molar refractivity (Wildman–Crippen MR) is 58.2 cm³/mol. The van der Waals surface area contributed by atoms with Gasteiger partial charge in [0.2, 0.25) is 0 Å². The van der Waals surface area contributed by atoms with Crippen LogP contribution in [0, 0.1) is 5.92 Å². The monoisotopic (exact) mass is 286 g/mol. The summed E-state index contributed by atoms with van der Waals surface area (Å²) in [5, 5.41) is 11.5. The van der Waals surface area contributed by atoms with E-state index in [4.69, 9.17) is 0 Å². The Balaban J connectivity index is 2.81. The molecule has 1 saturated carbocycles. The number of hydrogen-bond acceptors (Lipinski definition) is 3. The molecule has 0 aromatic heterocycles. The minimum atomic E-state index is -5.69. The number of halogens is 3. The van der Waals surface area contributed by atoms with Crippen LogP contribution in [0.5, 0.6) is 0 Å². The van der Waals surface area contributed by atoms with Crippen LogP contribution in [-0.4, -0.2) is 19.8 Å². The van der Waals surface area contributed by atoms with Crippen LogP contribution in [0.4, 0.5) is 13.2 Å². The summed E-state index contributed by atoms with van der Waals surface area (Å²) in [5.41, 5.74) is -5.50. The maximum atomic E-state index is 12.1. The van der Waals surface area contributed by atoms with Crippen LogP contribution in [0.15, 0.2) is 4.40 Å². The number of alkyl halides is 3. The van der Waals surface area contributed by atoms with Crippen molar-refractivity contribution in [2.75, 3.05) is 0 Å². The second kappa shape index (κ2) is 5.90. The molecule has 1 rings (SSSR count). The van der Waals surface area contributed by atoms with Crippen molar-refractivity contribution in [2.45, 2.75) is 50.5 Å². The van der Waals surface area contributed by atoms with E-state index < -0.39 is 27.3 Å². The molecule has 0 heterocycles. The highest BCUT2D eigenvalue weighted by Crippen LogP contribution is 2.27. The van der Waals surface area contributed by atoms with Gasteiger partial charge in [0, 0.05) is 0 Å². The molecule has 0 aliphatic heterocycles. The number of hydrogen-bond donors (Lipinski definition) is 0. The average molecular weight is 286 g/mol. The molecule has 4 nitrogen and oxygen atoms in total. The first-order valence-corrected chi connectivity index (χ1v) is 7.26. The molecule has 0 aromatic carbocycles. The molecule has 0 unspecified atom stereocenters. The van der Waals surface area contributed by atoms with Crippen LogP contribution < -0.4 is 5.11 Å². The molecule has 1 aliphatic carbocycles. The van der Waals surface area contributed by atoms with Crippen LogP contribution in [0.2, 0.25) is 0 Å². The fraction of sp³-hybridized carbons (Fsp3) is 0.900. The molecular formula is C10H15F3NO3S-. The van der Waals surface area contributed by atoms with E-state index in [9.17, 15) is 26.7 Å². The minimum absolute atomic E-state index is 0.412. The SMILES string of the molecule is O=S(=O)(/N=C(\[O-])C1CCCCCCC1)C(F)(F)F. The van der Waals surface area contributed by atoms with Crippen molar-refractivity contribution >= 4 is 15.9 Å². The molecule has 0 spiro atoms. The summed E-state index contributed by atoms with van der Waals surface area (Å²) in [6.45, 7) is 0. The molecule has 0 radical (unpaired) electrons. The van der Waals surface area contributed by atoms with Crippen LogP contribution >= 0.6 is 0 Å². The second-order valence-electron chi connectivity index (χ2n) is 4.39. The molecule has 0 bridgehead atoms. The highest BCUT2D eigenvalue weighted by molar-refractivity contribution is 7.91. The normalized spacial score (nSPS) is 21.4. The number of rotatable bonds is 2. The smallest absolute Gasteiger partial charge is 0.518 e. The van der Waals surface area contributed by atoms with E-state index in [-0.39, 0.29) is 0 Å². The van der Waals surface area contributed by atoms with E-state index in [1.54, 1.807) is 0 Å². The Kier molecular flexibility index (Phi) is 5.01. The van der Waals surface area contributed by atoms with Gasteiger partial charge in [-0.25, -0.2) is 0 Å². The summed E-state index contributed by atoms with van der Waals surface area (Å²) in [4.78, 5) is 0. The molecule has 1 aliphatic rings. The molecule has 1 fully saturated rings. The van der Waals surface area contributed by atoms with Crippen LogP contribution in [0.3, 0.4) is 0 Å². The van der Waals surface area contributed by atoms with Gasteiger partial charge in [0.1, 0.15) is 0 Å². The van der Waals surface area contributed by atoms with Gasteiger partial charge in [0.05, 0.1) is 0 Å². The lowest BCUT2D eigenvalue weighted by molar-refractivity contribution is -0.224. The first-order chi connectivity index (χ1) is 8.24. The lowest BCUT2D eigenvalue weighted by atomic mass is 9.91. The minimum Gasteiger partial charge on any atom is -0.861 e. The second-order valence-corrected chi connectivity index (χ2v) is 5.99. The van der Waals surface area contributed by atoms with Crippen molar-refractivity contribution in [3.8, 4) is 0 Å². The topological polar surface area (TPSA) is 69.6 Å². The molecule has 0 amide bonds. The van der Waals surface area contributed by atoms with Crippen molar-refractivity contribution in [1.29, 1.82) is 0 Å². The largest absolute Gasteiger partial charge is 0.861 e. The van der Waals surface area contributed by atoms with E-state index in [2.05, 4.69) is 4.40 Å². The Morgan fingerprint density at radius 1 is 1.06 bits per heavy atom. The fourth-order valence-corrected chi connectivity index (χ4v) is 2.44. The average Bonchev–Trinajstić information content (AvgIpc) is 2.13. The van der Waals surface area contributed by atoms with E-state index in [0.717, 1.165) is 32.1 Å². The van der Waals surface area contributed by atoms with Crippen molar-refractivity contribution in [3.63, 3.8) is 0 Å². The summed E-state index contributed by atoms with van der Waals surface area (Å²) < 4.78 is 60.1. The van der Waals surface area contributed by atoms with Gasteiger partial charge in [-0.1, -0.05) is 32.1 Å². The van der Waals surface area contributed by atoms with E-state index in [0.29, 0.717) is 12.8 Å². The summed E-state index contributed by atoms with van der Waals surface area (Å²) >= 11 is 0. The standard InChI is InChI=1S/C10H16F3NO3S/c11-10(12,13)18(16,17)14-9(15)8-6-4-2-1-3-5-7-8/h8H,1-7H2,(H,14,15)/p-1. The van der Waals surface area contributed by atoms with Crippen molar-refractivity contribution < 1.29 is 26.7 Å². The van der Waals surface area contributed by atoms with Gasteiger partial charge in [-0.3, -0.25) is 0 Å². The van der Waals surface area contributed by atoms with Gasteiger partial charge >= 0.3 is 15.5 Å². The number of sulfonamides is 1. The van der Waals surface area contributed by atoms with E-state index in [1.807, 2.05) is 0 Å². The van der Waals surface area contributed by atoms with E-state index >= 15 is 0 Å². The molecule has 0 aromatic rings. The molecule has 0 N–H and O–H groups in total. The van der Waals surface area contributed by atoms with Crippen LogP contribution in [0.1, 0.15) is 44.9 Å². The Bertz CT molecular complexity index is 395. The zero-order valence-corrected chi connectivity index (χ0v) is 10.6. The highest BCUT2D eigenvalue weighted by atomic mass is 32.2. The Morgan fingerprint density at radius 2 is 1.50 bits per heavy atom. The Hall–Kier alpha value is -0.790. The molecule has 106 valence electrons. The van der Waals surface area contributed by atoms with Gasteiger partial charge in [-0.15, -0.1) is 0 Å². The number of nitrogens with zero attached hydrogens (tertiary/aromatic N) is 1. The maximum absolute atomic E-state index is 12.1. The third kappa shape index (κ3) is 4.15. The van der Waals surface area contributed by atoms with Crippen molar-refractivity contribution in [2.24, 2.45) is 10.3 Å². The van der Waals surface area contributed by atoms with Crippen molar-refractivity contribution in [1.82, 2.24) is 0 Å². The molecular weight excluding hydrogens is 271 g/mol. The van der Waals surface area contributed by atoms with Gasteiger partial charge in [0.25, 0.3) is 0 Å². The van der Waals surface area contributed by atoms with Gasteiger partial charge in [0.15, 0.2) is 0 Å². The summed E-state index contributed by atoms with van der Waals surface area (Å²) in [6.07, 6.45) is 5.13. The lowest BCUT2D eigenvalue weighted by Gasteiger charge is -2.24. The van der Waals surface area contributed by atoms with Gasteiger partial charge < -0.3 is 5.11 Å². The fourth-order valence-electron chi connectivity index (χ4n) is 1.95. The molecule has 8 heteroatoms. The first-order valence-electron chi connectivity index (χ1n) is 5.82. The predicted octanol–water partition coefficient (Wildman–Crippen LogP) is 1.96. The quantitative estimate of drug-likeness (QED) is 0.575. The lowest BCUT2D eigenvalue weighted by Crippen LogP contribution is -2.32. The van der Waals surface area contributed by atoms with E-state index in [1.165, 1.54) is 0 Å². The third-order valence-electron chi connectivity index (χ3n) is 2.96. The third-order valence-corrected chi connectivity index (χ3v) is 3.96.